The summed E-state index contributed by atoms with van der Waals surface area (Å²) in [6, 6.07) is 9.33. The average molecular weight is 356 g/mol. The lowest BCUT2D eigenvalue weighted by molar-refractivity contribution is -0.253. The van der Waals surface area contributed by atoms with Crippen LogP contribution in [0.15, 0.2) is 35.7 Å². The quantitative estimate of drug-likeness (QED) is 0.853. The van der Waals surface area contributed by atoms with Gasteiger partial charge in [0.1, 0.15) is 5.82 Å². The van der Waals surface area contributed by atoms with E-state index in [1.807, 2.05) is 47.5 Å². The van der Waals surface area contributed by atoms with E-state index in [-0.39, 0.29) is 19.6 Å². The molecule has 1 aliphatic rings. The van der Waals surface area contributed by atoms with Gasteiger partial charge in [0.15, 0.2) is 5.13 Å². The third-order valence-electron chi connectivity index (χ3n) is 4.60. The van der Waals surface area contributed by atoms with E-state index >= 15 is 0 Å². The van der Waals surface area contributed by atoms with Crippen molar-refractivity contribution in [3.8, 4) is 0 Å². The van der Waals surface area contributed by atoms with Crippen LogP contribution in [0.2, 0.25) is 0 Å². The van der Waals surface area contributed by atoms with Crippen LogP contribution < -0.4 is 10.6 Å². The predicted molar refractivity (Wildman–Crippen MR) is 89.9 cm³/mol. The van der Waals surface area contributed by atoms with E-state index < -0.39 is 11.8 Å². The molecule has 1 aromatic carbocycles. The zero-order valence-electron chi connectivity index (χ0n) is 13.3. The Morgan fingerprint density at radius 2 is 1.96 bits per heavy atom. The number of anilines is 2. The first-order valence-corrected chi connectivity index (χ1v) is 8.61. The molecule has 1 aromatic heterocycles. The van der Waals surface area contributed by atoms with E-state index in [0.29, 0.717) is 22.3 Å². The van der Waals surface area contributed by atoms with Crippen molar-refractivity contribution in [1.82, 2.24) is 9.88 Å². The number of rotatable bonds is 3. The SMILES string of the molecule is CCC1(c2ccccc2)CN(C(F)(F)F)CCN1c1csc(N)n1. The second-order valence-corrected chi connectivity index (χ2v) is 6.73. The van der Waals surface area contributed by atoms with Gasteiger partial charge in [-0.25, -0.2) is 9.88 Å². The van der Waals surface area contributed by atoms with Gasteiger partial charge in [0, 0.05) is 25.0 Å². The van der Waals surface area contributed by atoms with Crippen molar-refractivity contribution in [3.05, 3.63) is 41.3 Å². The normalized spacial score (nSPS) is 22.8. The van der Waals surface area contributed by atoms with Gasteiger partial charge in [0.2, 0.25) is 0 Å². The Morgan fingerprint density at radius 3 is 2.50 bits per heavy atom. The summed E-state index contributed by atoms with van der Waals surface area (Å²) in [6.45, 7) is 1.94. The summed E-state index contributed by atoms with van der Waals surface area (Å²) >= 11 is 1.30. The fourth-order valence-corrected chi connectivity index (χ4v) is 3.92. The Hall–Kier alpha value is -1.80. The largest absolute Gasteiger partial charge is 0.460 e. The maximum Gasteiger partial charge on any atom is 0.460 e. The topological polar surface area (TPSA) is 45.4 Å². The molecular weight excluding hydrogens is 337 g/mol. The molecule has 3 rings (SSSR count). The van der Waals surface area contributed by atoms with Gasteiger partial charge in [-0.3, -0.25) is 0 Å². The first-order valence-electron chi connectivity index (χ1n) is 7.73. The number of hydrogen-bond acceptors (Lipinski definition) is 5. The Balaban J connectivity index is 2.08. The lowest BCUT2D eigenvalue weighted by atomic mass is 9.83. The summed E-state index contributed by atoms with van der Waals surface area (Å²) in [7, 11) is 0. The summed E-state index contributed by atoms with van der Waals surface area (Å²) in [5.74, 6) is 0.644. The molecule has 0 radical (unpaired) electrons. The molecule has 2 aromatic rings. The van der Waals surface area contributed by atoms with Gasteiger partial charge in [-0.2, -0.15) is 13.2 Å². The first-order chi connectivity index (χ1) is 11.4. The number of nitrogens with two attached hydrogens (primary N) is 1. The third-order valence-corrected chi connectivity index (χ3v) is 5.27. The average Bonchev–Trinajstić information content (AvgIpc) is 3.00. The molecule has 1 aliphatic heterocycles. The van der Waals surface area contributed by atoms with Crippen LogP contribution in [0.5, 0.6) is 0 Å². The summed E-state index contributed by atoms with van der Waals surface area (Å²) in [6.07, 6.45) is -3.82. The molecule has 1 unspecified atom stereocenters. The van der Waals surface area contributed by atoms with E-state index in [1.165, 1.54) is 11.3 Å². The Morgan fingerprint density at radius 1 is 1.25 bits per heavy atom. The zero-order valence-corrected chi connectivity index (χ0v) is 14.1. The fourth-order valence-electron chi connectivity index (χ4n) is 3.37. The lowest BCUT2D eigenvalue weighted by Gasteiger charge is -2.51. The van der Waals surface area contributed by atoms with Crippen LogP contribution in [0.4, 0.5) is 24.1 Å². The van der Waals surface area contributed by atoms with Crippen molar-refractivity contribution < 1.29 is 13.2 Å². The smallest absolute Gasteiger partial charge is 0.375 e. The molecule has 1 atom stereocenters. The molecule has 2 heterocycles. The molecule has 0 bridgehead atoms. The summed E-state index contributed by atoms with van der Waals surface area (Å²) in [4.78, 5) is 6.88. The molecule has 0 spiro atoms. The standard InChI is InChI=1S/C16H19F3N4S/c1-2-15(12-6-4-3-5-7-12)11-22(16(17,18)19)8-9-23(15)13-10-24-14(20)21-13/h3-7,10H,2,8-9,11H2,1H3,(H2,20,21). The van der Waals surface area contributed by atoms with Crippen LogP contribution in [0.25, 0.3) is 0 Å². The zero-order chi connectivity index (χ0) is 17.4. The van der Waals surface area contributed by atoms with Crippen LogP contribution >= 0.6 is 11.3 Å². The predicted octanol–water partition coefficient (Wildman–Crippen LogP) is 3.67. The van der Waals surface area contributed by atoms with Crippen LogP contribution in [-0.4, -0.2) is 35.8 Å². The van der Waals surface area contributed by atoms with Crippen molar-refractivity contribution >= 4 is 22.3 Å². The second kappa shape index (κ2) is 6.25. The molecule has 130 valence electrons. The van der Waals surface area contributed by atoms with Gasteiger partial charge in [-0.15, -0.1) is 11.3 Å². The minimum absolute atomic E-state index is 0.0878. The van der Waals surface area contributed by atoms with Crippen molar-refractivity contribution in [2.24, 2.45) is 0 Å². The van der Waals surface area contributed by atoms with E-state index in [0.717, 1.165) is 5.56 Å². The molecule has 1 saturated heterocycles. The molecule has 0 saturated carbocycles. The van der Waals surface area contributed by atoms with Gasteiger partial charge in [-0.05, 0) is 12.0 Å². The van der Waals surface area contributed by atoms with Crippen LogP contribution in [-0.2, 0) is 5.54 Å². The fraction of sp³-hybridized carbons (Fsp3) is 0.438. The van der Waals surface area contributed by atoms with Crippen molar-refractivity contribution in [2.45, 2.75) is 25.2 Å². The van der Waals surface area contributed by atoms with E-state index in [4.69, 9.17) is 5.73 Å². The van der Waals surface area contributed by atoms with E-state index in [2.05, 4.69) is 4.98 Å². The molecule has 1 fully saturated rings. The van der Waals surface area contributed by atoms with Crippen LogP contribution in [0.3, 0.4) is 0 Å². The number of piperazine rings is 1. The van der Waals surface area contributed by atoms with Gasteiger partial charge >= 0.3 is 6.30 Å². The monoisotopic (exact) mass is 356 g/mol. The molecular formula is C16H19F3N4S. The van der Waals surface area contributed by atoms with E-state index in [9.17, 15) is 13.2 Å². The molecule has 2 N–H and O–H groups in total. The third kappa shape index (κ3) is 2.95. The number of alkyl halides is 3. The highest BCUT2D eigenvalue weighted by Crippen LogP contribution is 2.42. The number of aromatic nitrogens is 1. The van der Waals surface area contributed by atoms with Gasteiger partial charge in [0.05, 0.1) is 5.54 Å². The number of nitrogens with zero attached hydrogens (tertiary/aromatic N) is 3. The van der Waals surface area contributed by atoms with Gasteiger partial charge in [-0.1, -0.05) is 37.3 Å². The second-order valence-electron chi connectivity index (χ2n) is 5.84. The van der Waals surface area contributed by atoms with Crippen molar-refractivity contribution in [2.75, 3.05) is 30.3 Å². The Bertz CT molecular complexity index is 688. The summed E-state index contributed by atoms with van der Waals surface area (Å²) < 4.78 is 40.0. The van der Waals surface area contributed by atoms with Gasteiger partial charge < -0.3 is 10.6 Å². The molecule has 24 heavy (non-hydrogen) atoms. The molecule has 0 aliphatic carbocycles. The van der Waals surface area contributed by atoms with E-state index in [1.54, 1.807) is 0 Å². The van der Waals surface area contributed by atoms with Crippen molar-refractivity contribution in [3.63, 3.8) is 0 Å². The Kier molecular flexibility index (Phi) is 4.44. The molecule has 8 heteroatoms. The van der Waals surface area contributed by atoms with Crippen molar-refractivity contribution in [1.29, 1.82) is 0 Å². The highest BCUT2D eigenvalue weighted by molar-refractivity contribution is 7.13. The summed E-state index contributed by atoms with van der Waals surface area (Å²) in [5.41, 5.74) is 5.80. The highest BCUT2D eigenvalue weighted by atomic mass is 32.1. The first kappa shape index (κ1) is 17.0. The van der Waals surface area contributed by atoms with Crippen LogP contribution in [0.1, 0.15) is 18.9 Å². The highest BCUT2D eigenvalue weighted by Gasteiger charge is 2.49. The lowest BCUT2D eigenvalue weighted by Crippen LogP contribution is -2.63. The number of halogens is 3. The maximum atomic E-state index is 13.3. The minimum atomic E-state index is -4.34. The maximum absolute atomic E-state index is 13.3. The minimum Gasteiger partial charge on any atom is -0.375 e. The molecule has 4 nitrogen and oxygen atoms in total. The van der Waals surface area contributed by atoms with Gasteiger partial charge in [0.25, 0.3) is 0 Å². The number of benzene rings is 1. The number of hydrogen-bond donors (Lipinski definition) is 1. The van der Waals surface area contributed by atoms with Crippen LogP contribution in [0, 0.1) is 0 Å². The number of nitrogen functional groups attached to an aromatic ring is 1. The molecule has 0 amide bonds. The summed E-state index contributed by atoms with van der Waals surface area (Å²) in [5, 5.41) is 2.23. The Labute approximate surface area is 142 Å². The number of thiazole rings is 1.